The first-order valence-electron chi connectivity index (χ1n) is 7.14. The van der Waals surface area contributed by atoms with Crippen LogP contribution in [0.1, 0.15) is 13.3 Å². The van der Waals surface area contributed by atoms with Gasteiger partial charge in [0.1, 0.15) is 12.6 Å². The Balaban J connectivity index is 2.13. The van der Waals surface area contributed by atoms with E-state index in [1.807, 2.05) is 0 Å². The standard InChI is InChI=1S/C13H26N4O3/c1-3-16-6-8-17(9-7-16)5-4-12(18)20-10-11(14)13(19)15-2/h11H,3-10,14H2,1-2H3,(H,15,19)/t11-/m0/s1. The summed E-state index contributed by atoms with van der Waals surface area (Å²) in [6, 6.07) is -0.794. The summed E-state index contributed by atoms with van der Waals surface area (Å²) in [6.45, 7) is 7.93. The lowest BCUT2D eigenvalue weighted by molar-refractivity contribution is -0.145. The maximum atomic E-state index is 11.6. The highest BCUT2D eigenvalue weighted by Crippen LogP contribution is 2.02. The van der Waals surface area contributed by atoms with Crippen LogP contribution >= 0.6 is 0 Å². The largest absolute Gasteiger partial charge is 0.463 e. The van der Waals surface area contributed by atoms with E-state index in [0.717, 1.165) is 32.7 Å². The van der Waals surface area contributed by atoms with Gasteiger partial charge in [-0.3, -0.25) is 9.59 Å². The second-order valence-electron chi connectivity index (χ2n) is 4.93. The van der Waals surface area contributed by atoms with Crippen molar-refractivity contribution in [2.45, 2.75) is 19.4 Å². The summed E-state index contributed by atoms with van der Waals surface area (Å²) in [5, 5.41) is 2.41. The molecule has 1 aliphatic rings. The number of nitrogens with one attached hydrogen (secondary N) is 1. The fourth-order valence-corrected chi connectivity index (χ4v) is 2.09. The van der Waals surface area contributed by atoms with Crippen LogP contribution in [0.15, 0.2) is 0 Å². The Morgan fingerprint density at radius 2 is 1.85 bits per heavy atom. The first kappa shape index (κ1) is 16.9. The second-order valence-corrected chi connectivity index (χ2v) is 4.93. The number of carbonyl (C=O) groups excluding carboxylic acids is 2. The molecule has 0 unspecified atom stereocenters. The molecule has 0 bridgehead atoms. The van der Waals surface area contributed by atoms with Crippen molar-refractivity contribution in [3.8, 4) is 0 Å². The molecular formula is C13H26N4O3. The van der Waals surface area contributed by atoms with Crippen molar-refractivity contribution in [2.24, 2.45) is 5.73 Å². The predicted octanol–water partition coefficient (Wildman–Crippen LogP) is -1.37. The number of hydrogen-bond acceptors (Lipinski definition) is 6. The Kier molecular flexibility index (Phi) is 7.50. The average molecular weight is 286 g/mol. The Morgan fingerprint density at radius 3 is 2.40 bits per heavy atom. The van der Waals surface area contributed by atoms with E-state index in [0.29, 0.717) is 13.0 Å². The van der Waals surface area contributed by atoms with Gasteiger partial charge < -0.3 is 25.6 Å². The molecule has 0 saturated carbocycles. The minimum absolute atomic E-state index is 0.0673. The van der Waals surface area contributed by atoms with Gasteiger partial charge in [-0.2, -0.15) is 0 Å². The van der Waals surface area contributed by atoms with Gasteiger partial charge >= 0.3 is 5.97 Å². The first-order chi connectivity index (χ1) is 9.56. The highest BCUT2D eigenvalue weighted by atomic mass is 16.5. The topological polar surface area (TPSA) is 87.9 Å². The molecule has 1 atom stereocenters. The molecule has 1 saturated heterocycles. The minimum Gasteiger partial charge on any atom is -0.463 e. The number of carbonyl (C=O) groups is 2. The van der Waals surface area contributed by atoms with Crippen molar-refractivity contribution in [3.05, 3.63) is 0 Å². The smallest absolute Gasteiger partial charge is 0.307 e. The Morgan fingerprint density at radius 1 is 1.25 bits per heavy atom. The number of rotatable bonds is 7. The van der Waals surface area contributed by atoms with Crippen LogP contribution in [0.4, 0.5) is 0 Å². The number of piperazine rings is 1. The lowest BCUT2D eigenvalue weighted by Gasteiger charge is -2.33. The normalized spacial score (nSPS) is 18.6. The predicted molar refractivity (Wildman–Crippen MR) is 76.2 cm³/mol. The lowest BCUT2D eigenvalue weighted by Crippen LogP contribution is -2.46. The number of likely N-dealkylation sites (N-methyl/N-ethyl adjacent to an activating group) is 2. The molecule has 1 amide bonds. The maximum Gasteiger partial charge on any atom is 0.307 e. The quantitative estimate of drug-likeness (QED) is 0.562. The molecule has 0 radical (unpaired) electrons. The van der Waals surface area contributed by atoms with Gasteiger partial charge in [-0.1, -0.05) is 6.92 Å². The molecule has 1 heterocycles. The molecule has 0 aliphatic carbocycles. The van der Waals surface area contributed by atoms with Gasteiger partial charge in [0.05, 0.1) is 6.42 Å². The maximum absolute atomic E-state index is 11.6. The van der Waals surface area contributed by atoms with Crippen LogP contribution < -0.4 is 11.1 Å². The van der Waals surface area contributed by atoms with Gasteiger partial charge in [-0.05, 0) is 6.54 Å². The van der Waals surface area contributed by atoms with E-state index in [4.69, 9.17) is 10.5 Å². The van der Waals surface area contributed by atoms with Gasteiger partial charge in [0, 0.05) is 39.8 Å². The molecule has 0 spiro atoms. The van der Waals surface area contributed by atoms with Crippen molar-refractivity contribution in [1.29, 1.82) is 0 Å². The number of esters is 1. The lowest BCUT2D eigenvalue weighted by atomic mass is 10.3. The van der Waals surface area contributed by atoms with Crippen LogP contribution in [0.5, 0.6) is 0 Å². The van der Waals surface area contributed by atoms with Gasteiger partial charge in [-0.25, -0.2) is 0 Å². The van der Waals surface area contributed by atoms with E-state index in [2.05, 4.69) is 22.0 Å². The van der Waals surface area contributed by atoms with Gasteiger partial charge in [0.25, 0.3) is 0 Å². The molecule has 0 aromatic carbocycles. The Labute approximate surface area is 120 Å². The monoisotopic (exact) mass is 286 g/mol. The third-order valence-electron chi connectivity index (χ3n) is 3.55. The summed E-state index contributed by atoms with van der Waals surface area (Å²) in [7, 11) is 1.50. The number of hydrogen-bond donors (Lipinski definition) is 2. The van der Waals surface area contributed by atoms with E-state index in [-0.39, 0.29) is 18.5 Å². The number of nitrogens with zero attached hydrogens (tertiary/aromatic N) is 2. The van der Waals surface area contributed by atoms with E-state index in [9.17, 15) is 9.59 Å². The zero-order valence-electron chi connectivity index (χ0n) is 12.4. The zero-order chi connectivity index (χ0) is 15.0. The number of nitrogens with two attached hydrogens (primary N) is 1. The Bertz CT molecular complexity index is 317. The number of ether oxygens (including phenoxy) is 1. The molecular weight excluding hydrogens is 260 g/mol. The minimum atomic E-state index is -0.794. The summed E-state index contributed by atoms with van der Waals surface area (Å²) in [5.74, 6) is -0.629. The van der Waals surface area contributed by atoms with Gasteiger partial charge in [-0.15, -0.1) is 0 Å². The van der Waals surface area contributed by atoms with Gasteiger partial charge in [0.2, 0.25) is 5.91 Å². The first-order valence-corrected chi connectivity index (χ1v) is 7.14. The van der Waals surface area contributed by atoms with Gasteiger partial charge in [0.15, 0.2) is 0 Å². The van der Waals surface area contributed by atoms with Crippen LogP contribution in [0.25, 0.3) is 0 Å². The fraction of sp³-hybridized carbons (Fsp3) is 0.846. The molecule has 1 aliphatic heterocycles. The van der Waals surface area contributed by atoms with Crippen molar-refractivity contribution >= 4 is 11.9 Å². The van der Waals surface area contributed by atoms with E-state index >= 15 is 0 Å². The summed E-state index contributed by atoms with van der Waals surface area (Å²) >= 11 is 0. The second kappa shape index (κ2) is 8.89. The summed E-state index contributed by atoms with van der Waals surface area (Å²) in [6.07, 6.45) is 0.340. The van der Waals surface area contributed by atoms with Crippen molar-refractivity contribution in [2.75, 3.05) is 52.9 Å². The third kappa shape index (κ3) is 5.85. The summed E-state index contributed by atoms with van der Waals surface area (Å²) in [4.78, 5) is 27.4. The fourth-order valence-electron chi connectivity index (χ4n) is 2.09. The molecule has 0 aromatic heterocycles. The molecule has 7 heteroatoms. The van der Waals surface area contributed by atoms with E-state index in [1.165, 1.54) is 7.05 Å². The third-order valence-corrected chi connectivity index (χ3v) is 3.55. The summed E-state index contributed by atoms with van der Waals surface area (Å²) < 4.78 is 5.00. The van der Waals surface area contributed by atoms with E-state index in [1.54, 1.807) is 0 Å². The molecule has 116 valence electrons. The molecule has 1 fully saturated rings. The molecule has 0 aromatic rings. The molecule has 3 N–H and O–H groups in total. The zero-order valence-corrected chi connectivity index (χ0v) is 12.4. The van der Waals surface area contributed by atoms with Crippen molar-refractivity contribution in [3.63, 3.8) is 0 Å². The molecule has 7 nitrogen and oxygen atoms in total. The highest BCUT2D eigenvalue weighted by Gasteiger charge is 2.18. The summed E-state index contributed by atoms with van der Waals surface area (Å²) in [5.41, 5.74) is 5.54. The van der Waals surface area contributed by atoms with Crippen LogP contribution in [-0.4, -0.2) is 80.6 Å². The van der Waals surface area contributed by atoms with Crippen molar-refractivity contribution in [1.82, 2.24) is 15.1 Å². The highest BCUT2D eigenvalue weighted by molar-refractivity contribution is 5.81. The molecule has 1 rings (SSSR count). The van der Waals surface area contributed by atoms with E-state index < -0.39 is 6.04 Å². The SMILES string of the molecule is CCN1CCN(CCC(=O)OC[C@H](N)C(=O)NC)CC1. The average Bonchev–Trinajstić information content (AvgIpc) is 2.50. The van der Waals surface area contributed by atoms with Crippen LogP contribution in [0, 0.1) is 0 Å². The van der Waals surface area contributed by atoms with Crippen LogP contribution in [0.2, 0.25) is 0 Å². The number of amides is 1. The van der Waals surface area contributed by atoms with Crippen molar-refractivity contribution < 1.29 is 14.3 Å². The Hall–Kier alpha value is -1.18. The van der Waals surface area contributed by atoms with Crippen LogP contribution in [0.3, 0.4) is 0 Å². The van der Waals surface area contributed by atoms with Crippen LogP contribution in [-0.2, 0) is 14.3 Å². The molecule has 20 heavy (non-hydrogen) atoms.